The molecule has 0 saturated heterocycles. The zero-order chi connectivity index (χ0) is 21.5. The van der Waals surface area contributed by atoms with Crippen LogP contribution in [0.4, 0.5) is 4.39 Å². The first-order valence-corrected chi connectivity index (χ1v) is 13.2. The summed E-state index contributed by atoms with van der Waals surface area (Å²) in [5.74, 6) is 2.14. The van der Waals surface area contributed by atoms with E-state index < -0.39 is 8.07 Å². The Labute approximate surface area is 177 Å². The highest BCUT2D eigenvalue weighted by atomic mass is 28.3. The molecular formula is C26H35FOSi. The van der Waals surface area contributed by atoms with Crippen LogP contribution in [0.5, 0.6) is 5.75 Å². The highest BCUT2D eigenvalue weighted by Crippen LogP contribution is 2.44. The molecule has 0 aromatic heterocycles. The van der Waals surface area contributed by atoms with E-state index in [9.17, 15) is 0 Å². The predicted octanol–water partition coefficient (Wildman–Crippen LogP) is 7.52. The van der Waals surface area contributed by atoms with Gasteiger partial charge in [-0.1, -0.05) is 85.7 Å². The zero-order valence-electron chi connectivity index (χ0n) is 19.1. The molecule has 0 spiro atoms. The number of halogens is 1. The summed E-state index contributed by atoms with van der Waals surface area (Å²) >= 11 is 0. The molecule has 0 bridgehead atoms. The Morgan fingerprint density at radius 3 is 1.76 bits per heavy atom. The number of para-hydroxylation sites is 1. The molecule has 3 rings (SSSR count). The molecule has 0 saturated carbocycles. The van der Waals surface area contributed by atoms with E-state index in [4.69, 9.17) is 4.74 Å². The summed E-state index contributed by atoms with van der Waals surface area (Å²) in [4.78, 5) is 0. The van der Waals surface area contributed by atoms with Gasteiger partial charge in [-0.15, -0.1) is 0 Å². The Bertz CT molecular complexity index is 890. The monoisotopic (exact) mass is 410 g/mol. The minimum absolute atomic E-state index is 0.169. The van der Waals surface area contributed by atoms with Crippen LogP contribution in [0, 0.1) is 5.82 Å². The average Bonchev–Trinajstić information content (AvgIpc) is 2.98. The highest BCUT2D eigenvalue weighted by Gasteiger charge is 2.47. The summed E-state index contributed by atoms with van der Waals surface area (Å²) in [6.07, 6.45) is 0. The van der Waals surface area contributed by atoms with Gasteiger partial charge in [-0.05, 0) is 51.0 Å². The quantitative estimate of drug-likeness (QED) is 0.447. The molecule has 0 amide bonds. The number of hydrogen-bond donors (Lipinski definition) is 0. The lowest BCUT2D eigenvalue weighted by Gasteiger charge is -2.34. The smallest absolute Gasteiger partial charge is 0.134 e. The van der Waals surface area contributed by atoms with Gasteiger partial charge in [0.2, 0.25) is 0 Å². The summed E-state index contributed by atoms with van der Waals surface area (Å²) in [6.45, 7) is 17.9. The second-order valence-electron chi connectivity index (χ2n) is 9.59. The van der Waals surface area contributed by atoms with Crippen molar-refractivity contribution < 1.29 is 9.13 Å². The third-order valence-corrected chi connectivity index (χ3v) is 12.5. The van der Waals surface area contributed by atoms with Crippen LogP contribution in [0.2, 0.25) is 11.1 Å². The fourth-order valence-corrected chi connectivity index (χ4v) is 10.0. The minimum Gasteiger partial charge on any atom is -0.457 e. The van der Waals surface area contributed by atoms with Crippen molar-refractivity contribution in [2.75, 3.05) is 0 Å². The van der Waals surface area contributed by atoms with Gasteiger partial charge >= 0.3 is 0 Å². The second kappa shape index (κ2) is 8.10. The van der Waals surface area contributed by atoms with E-state index in [0.717, 1.165) is 11.5 Å². The van der Waals surface area contributed by atoms with Crippen molar-refractivity contribution in [1.82, 2.24) is 0 Å². The predicted molar refractivity (Wildman–Crippen MR) is 125 cm³/mol. The zero-order valence-corrected chi connectivity index (χ0v) is 20.1. The minimum atomic E-state index is -2.07. The first kappa shape index (κ1) is 21.8. The Hall–Kier alpha value is -1.87. The number of rotatable bonds is 6. The second-order valence-corrected chi connectivity index (χ2v) is 14.6. The van der Waals surface area contributed by atoms with E-state index in [1.807, 2.05) is 6.07 Å². The first-order valence-electron chi connectivity index (χ1n) is 10.9. The third-order valence-electron chi connectivity index (χ3n) is 6.54. The van der Waals surface area contributed by atoms with Gasteiger partial charge in [0, 0.05) is 0 Å². The largest absolute Gasteiger partial charge is 0.457 e. The van der Waals surface area contributed by atoms with Gasteiger partial charge in [-0.3, -0.25) is 0 Å². The van der Waals surface area contributed by atoms with Crippen LogP contribution in [-0.2, 0) is 0 Å². The van der Waals surface area contributed by atoms with Crippen molar-refractivity contribution in [3.63, 3.8) is 0 Å². The van der Waals surface area contributed by atoms with Gasteiger partial charge in [0.15, 0.2) is 0 Å². The van der Waals surface area contributed by atoms with Crippen molar-refractivity contribution in [3.8, 4) is 5.75 Å². The van der Waals surface area contributed by atoms with Crippen LogP contribution < -0.4 is 9.92 Å². The van der Waals surface area contributed by atoms with Gasteiger partial charge in [0.1, 0.15) is 25.4 Å². The van der Waals surface area contributed by atoms with Crippen molar-refractivity contribution in [2.24, 2.45) is 0 Å². The van der Waals surface area contributed by atoms with E-state index in [-0.39, 0.29) is 5.82 Å². The van der Waals surface area contributed by atoms with Crippen molar-refractivity contribution in [1.29, 1.82) is 0 Å². The maximum absolute atomic E-state index is 15.1. The van der Waals surface area contributed by atoms with Crippen LogP contribution in [0.3, 0.4) is 0 Å². The molecule has 1 heterocycles. The van der Waals surface area contributed by atoms with Crippen LogP contribution in [0.15, 0.2) is 42.1 Å². The van der Waals surface area contributed by atoms with Crippen molar-refractivity contribution >= 4 is 19.0 Å². The van der Waals surface area contributed by atoms with Crippen LogP contribution >= 0.6 is 0 Å². The molecule has 2 aromatic carbocycles. The van der Waals surface area contributed by atoms with E-state index in [0.29, 0.717) is 28.5 Å². The SMILES string of the molecule is CC(C)c1cccc(C(C)C)c1OC1=C[Si](C(C)C)(C(C)C)c2cccc(F)c21. The van der Waals surface area contributed by atoms with Gasteiger partial charge in [0.05, 0.1) is 5.56 Å². The molecule has 0 aliphatic carbocycles. The maximum Gasteiger partial charge on any atom is 0.134 e. The number of benzene rings is 2. The van der Waals surface area contributed by atoms with Gasteiger partial charge in [0.25, 0.3) is 0 Å². The van der Waals surface area contributed by atoms with Crippen LogP contribution in [-0.4, -0.2) is 8.07 Å². The number of fused-ring (bicyclic) bond motifs is 1. The fraction of sp³-hybridized carbons (Fsp3) is 0.462. The molecule has 29 heavy (non-hydrogen) atoms. The van der Waals surface area contributed by atoms with Crippen molar-refractivity contribution in [2.45, 2.75) is 78.3 Å². The lowest BCUT2D eigenvalue weighted by molar-refractivity contribution is 0.488. The fourth-order valence-electron chi connectivity index (χ4n) is 4.92. The van der Waals surface area contributed by atoms with Gasteiger partial charge in [-0.2, -0.15) is 0 Å². The van der Waals surface area contributed by atoms with Gasteiger partial charge < -0.3 is 4.74 Å². The number of ether oxygens (including phenoxy) is 1. The topological polar surface area (TPSA) is 9.23 Å². The summed E-state index contributed by atoms with van der Waals surface area (Å²) in [5.41, 5.74) is 6.32. The molecule has 156 valence electrons. The summed E-state index contributed by atoms with van der Waals surface area (Å²) in [6, 6.07) is 11.9. The van der Waals surface area contributed by atoms with E-state index in [1.165, 1.54) is 16.3 Å². The molecule has 3 heteroatoms. The van der Waals surface area contributed by atoms with Crippen LogP contribution in [0.25, 0.3) is 5.76 Å². The Kier molecular flexibility index (Phi) is 6.10. The normalized spacial score (nSPS) is 15.4. The molecule has 1 aliphatic heterocycles. The highest BCUT2D eigenvalue weighted by molar-refractivity contribution is 7.00. The lowest BCUT2D eigenvalue weighted by atomic mass is 9.94. The maximum atomic E-state index is 15.1. The summed E-state index contributed by atoms with van der Waals surface area (Å²) < 4.78 is 21.8. The Morgan fingerprint density at radius 2 is 1.28 bits per heavy atom. The standard InChI is InChI=1S/C26H35FOSi/c1-16(2)20-11-9-12-21(17(3)4)26(20)28-23-15-29(18(5)6,19(7)8)24-14-10-13-22(27)25(23)24/h9-19H,1-8H3. The first-order chi connectivity index (χ1) is 13.6. The molecule has 0 fully saturated rings. The van der Waals surface area contributed by atoms with Crippen molar-refractivity contribution in [3.05, 3.63) is 64.6 Å². The molecule has 0 atom stereocenters. The Balaban J connectivity index is 2.24. The number of hydrogen-bond acceptors (Lipinski definition) is 1. The summed E-state index contributed by atoms with van der Waals surface area (Å²) in [7, 11) is -2.07. The third kappa shape index (κ3) is 3.59. The van der Waals surface area contributed by atoms with E-state index in [2.05, 4.69) is 85.4 Å². The molecule has 0 N–H and O–H groups in total. The molecular weight excluding hydrogens is 375 g/mol. The molecule has 2 aromatic rings. The average molecular weight is 411 g/mol. The van der Waals surface area contributed by atoms with E-state index in [1.54, 1.807) is 6.07 Å². The van der Waals surface area contributed by atoms with E-state index >= 15 is 4.39 Å². The van der Waals surface area contributed by atoms with Gasteiger partial charge in [-0.25, -0.2) is 4.39 Å². The molecule has 0 unspecified atom stereocenters. The molecule has 0 radical (unpaired) electrons. The molecule has 1 nitrogen and oxygen atoms in total. The Morgan fingerprint density at radius 1 is 0.759 bits per heavy atom. The molecule has 1 aliphatic rings. The lowest BCUT2D eigenvalue weighted by Crippen LogP contribution is -2.50. The van der Waals surface area contributed by atoms with Crippen LogP contribution in [0.1, 0.15) is 83.9 Å². The summed E-state index contributed by atoms with van der Waals surface area (Å²) in [5, 5.41) is 1.19.